The minimum absolute atomic E-state index is 0.0365. The van der Waals surface area contributed by atoms with Crippen molar-refractivity contribution in [3.63, 3.8) is 0 Å². The number of rotatable bonds is 12. The van der Waals surface area contributed by atoms with E-state index in [-0.39, 0.29) is 26.2 Å². The molecule has 1 aliphatic rings. The van der Waals surface area contributed by atoms with E-state index in [1.807, 2.05) is 12.1 Å². The summed E-state index contributed by atoms with van der Waals surface area (Å²) in [4.78, 5) is 53.0. The number of nitrogens with zero attached hydrogens (tertiary/aromatic N) is 3. The summed E-state index contributed by atoms with van der Waals surface area (Å²) < 4.78 is 0. The summed E-state index contributed by atoms with van der Waals surface area (Å²) in [6.07, 6.45) is 0. The van der Waals surface area contributed by atoms with Crippen LogP contribution in [-0.4, -0.2) is 94.8 Å². The van der Waals surface area contributed by atoms with Gasteiger partial charge in [0.2, 0.25) is 0 Å². The van der Waals surface area contributed by atoms with Gasteiger partial charge in [0.1, 0.15) is 0 Å². The zero-order valence-corrected chi connectivity index (χ0v) is 16.2. The highest BCUT2D eigenvalue weighted by molar-refractivity contribution is 5.85. The highest BCUT2D eigenvalue weighted by Crippen LogP contribution is 2.34. The maximum absolute atomic E-state index is 12.4. The van der Waals surface area contributed by atoms with E-state index in [1.54, 1.807) is 12.1 Å². The fraction of sp³-hybridized carbons (Fsp3) is 0.368. The van der Waals surface area contributed by atoms with E-state index in [2.05, 4.69) is 6.58 Å². The van der Waals surface area contributed by atoms with Crippen molar-refractivity contribution in [2.75, 3.05) is 50.9 Å². The first-order valence-corrected chi connectivity index (χ1v) is 9.01. The van der Waals surface area contributed by atoms with Crippen molar-refractivity contribution < 1.29 is 39.3 Å². The van der Waals surface area contributed by atoms with Crippen LogP contribution in [0.25, 0.3) is 5.57 Å². The van der Waals surface area contributed by atoms with E-state index in [1.165, 1.54) is 9.96 Å². The van der Waals surface area contributed by atoms with Gasteiger partial charge < -0.3 is 20.2 Å². The number of carbonyl (C=O) groups excluding carboxylic acids is 1. The molecule has 0 spiro atoms. The lowest BCUT2D eigenvalue weighted by Crippen LogP contribution is -2.44. The molecule has 11 heteroatoms. The van der Waals surface area contributed by atoms with E-state index >= 15 is 0 Å². The molecule has 0 saturated heterocycles. The second kappa shape index (κ2) is 10.4. The molecule has 162 valence electrons. The Balaban J connectivity index is 1.97. The Bertz CT molecular complexity index is 825. The van der Waals surface area contributed by atoms with E-state index < -0.39 is 43.5 Å². The maximum atomic E-state index is 12.4. The maximum Gasteiger partial charge on any atom is 0.346 e. The summed E-state index contributed by atoms with van der Waals surface area (Å²) in [6, 6.07) is 7.24. The van der Waals surface area contributed by atoms with Crippen LogP contribution in [0.4, 0.5) is 5.69 Å². The minimum Gasteiger partial charge on any atom is -0.480 e. The molecule has 30 heavy (non-hydrogen) atoms. The van der Waals surface area contributed by atoms with Crippen LogP contribution in [0, 0.1) is 0 Å². The van der Waals surface area contributed by atoms with Gasteiger partial charge in [0.15, 0.2) is 0 Å². The third-order valence-corrected chi connectivity index (χ3v) is 4.26. The lowest BCUT2D eigenvalue weighted by atomic mass is 10.1. The average Bonchev–Trinajstić information content (AvgIpc) is 2.94. The van der Waals surface area contributed by atoms with E-state index in [4.69, 9.17) is 20.2 Å². The van der Waals surface area contributed by atoms with Crippen molar-refractivity contribution in [1.29, 1.82) is 0 Å². The minimum atomic E-state index is -1.21. The van der Waals surface area contributed by atoms with Crippen LogP contribution in [0.5, 0.6) is 0 Å². The molecule has 2 rings (SSSR count). The van der Waals surface area contributed by atoms with Crippen LogP contribution in [0.1, 0.15) is 5.56 Å². The molecule has 1 heterocycles. The summed E-state index contributed by atoms with van der Waals surface area (Å²) >= 11 is 0. The first-order valence-electron chi connectivity index (χ1n) is 9.01. The second-order valence-corrected chi connectivity index (χ2v) is 6.72. The zero-order valence-electron chi connectivity index (χ0n) is 16.2. The number of carbonyl (C=O) groups is 4. The molecule has 1 aromatic rings. The zero-order chi connectivity index (χ0) is 22.3. The van der Waals surface area contributed by atoms with Gasteiger partial charge in [-0.2, -0.15) is 0 Å². The van der Waals surface area contributed by atoms with Gasteiger partial charge in [0, 0.05) is 18.7 Å². The van der Waals surface area contributed by atoms with Crippen LogP contribution >= 0.6 is 0 Å². The van der Waals surface area contributed by atoms with Crippen molar-refractivity contribution >= 4 is 35.1 Å². The highest BCUT2D eigenvalue weighted by Gasteiger charge is 2.26. The van der Waals surface area contributed by atoms with Gasteiger partial charge in [0.05, 0.1) is 38.4 Å². The number of carboxylic acids is 3. The molecular formula is C19H23N3O8. The predicted octanol–water partition coefficient (Wildman–Crippen LogP) is -0.164. The summed E-state index contributed by atoms with van der Waals surface area (Å²) in [6.45, 7) is 2.21. The lowest BCUT2D eigenvalue weighted by Gasteiger charge is -2.25. The topological polar surface area (TPSA) is 148 Å². The summed E-state index contributed by atoms with van der Waals surface area (Å²) in [5.74, 6) is -4.32. The summed E-state index contributed by atoms with van der Waals surface area (Å²) in [5.41, 5.74) is 2.30. The Hall–Kier alpha value is -3.44. The molecule has 0 bridgehead atoms. The molecule has 0 unspecified atom stereocenters. The molecule has 1 aromatic carbocycles. The monoisotopic (exact) mass is 421 g/mol. The molecule has 0 atom stereocenters. The number of benzene rings is 1. The van der Waals surface area contributed by atoms with Crippen LogP contribution in [0.15, 0.2) is 30.8 Å². The number of hydrogen-bond donors (Lipinski definition) is 3. The van der Waals surface area contributed by atoms with Gasteiger partial charge in [-0.05, 0) is 11.6 Å². The molecular weight excluding hydrogens is 398 g/mol. The molecule has 0 aliphatic carbocycles. The van der Waals surface area contributed by atoms with E-state index in [0.717, 1.165) is 16.0 Å². The van der Waals surface area contributed by atoms with Gasteiger partial charge >= 0.3 is 23.9 Å². The van der Waals surface area contributed by atoms with Gasteiger partial charge in [-0.25, -0.2) is 9.86 Å². The van der Waals surface area contributed by atoms with Crippen LogP contribution < -0.4 is 5.06 Å². The third-order valence-electron chi connectivity index (χ3n) is 4.26. The van der Waals surface area contributed by atoms with Crippen molar-refractivity contribution in [2.24, 2.45) is 0 Å². The standard InChI is InChI=1S/C19H23N3O8/c1-13-8-22(15-5-3-2-4-14(13)15)30-19(29)12-21(11-18(27)28)7-6-20(9-16(23)24)10-17(25)26/h2-5H,1,6-12H2,(H,23,24)(H,25,26)(H,27,28). The number of fused-ring (bicyclic) bond motifs is 1. The third kappa shape index (κ3) is 6.87. The second-order valence-electron chi connectivity index (χ2n) is 6.72. The Kier molecular flexibility index (Phi) is 7.90. The smallest absolute Gasteiger partial charge is 0.346 e. The van der Waals surface area contributed by atoms with Gasteiger partial charge in [0.25, 0.3) is 0 Å². The molecule has 0 aromatic heterocycles. The summed E-state index contributed by atoms with van der Waals surface area (Å²) in [7, 11) is 0. The van der Waals surface area contributed by atoms with Crippen LogP contribution in [-0.2, 0) is 24.0 Å². The number of para-hydroxylation sites is 1. The van der Waals surface area contributed by atoms with Gasteiger partial charge in [-0.15, -0.1) is 0 Å². The SMILES string of the molecule is C=C1CN(OC(=O)CN(CCN(CC(=O)O)CC(=O)O)CC(=O)O)c2ccccc21. The average molecular weight is 421 g/mol. The van der Waals surface area contributed by atoms with Crippen molar-refractivity contribution in [1.82, 2.24) is 9.80 Å². The van der Waals surface area contributed by atoms with E-state index in [9.17, 15) is 19.2 Å². The lowest BCUT2D eigenvalue weighted by molar-refractivity contribution is -0.148. The first kappa shape index (κ1) is 22.8. The fourth-order valence-electron chi connectivity index (χ4n) is 3.03. The normalized spacial score (nSPS) is 12.9. The number of aliphatic carboxylic acids is 3. The number of hydroxylamine groups is 1. The summed E-state index contributed by atoms with van der Waals surface area (Å²) in [5, 5.41) is 28.2. The van der Waals surface area contributed by atoms with Crippen LogP contribution in [0.3, 0.4) is 0 Å². The fourth-order valence-corrected chi connectivity index (χ4v) is 3.03. The van der Waals surface area contributed by atoms with Gasteiger partial charge in [-0.1, -0.05) is 24.8 Å². The Morgan fingerprint density at radius 3 is 1.93 bits per heavy atom. The van der Waals surface area contributed by atoms with Gasteiger partial charge in [-0.3, -0.25) is 24.2 Å². The number of carboxylic acid groups (broad SMARTS) is 3. The molecule has 0 radical (unpaired) electrons. The molecule has 0 fully saturated rings. The predicted molar refractivity (Wildman–Crippen MR) is 105 cm³/mol. The van der Waals surface area contributed by atoms with Crippen LogP contribution in [0.2, 0.25) is 0 Å². The number of hydrogen-bond acceptors (Lipinski definition) is 8. The molecule has 11 nitrogen and oxygen atoms in total. The molecule has 0 saturated carbocycles. The van der Waals surface area contributed by atoms with Crippen molar-refractivity contribution in [3.05, 3.63) is 36.4 Å². The molecule has 3 N–H and O–H groups in total. The quantitative estimate of drug-likeness (QED) is 0.413. The molecule has 0 amide bonds. The number of anilines is 1. The van der Waals surface area contributed by atoms with E-state index in [0.29, 0.717) is 5.69 Å². The largest absolute Gasteiger partial charge is 0.480 e. The Morgan fingerprint density at radius 2 is 1.40 bits per heavy atom. The molecule has 1 aliphatic heterocycles. The first-order chi connectivity index (χ1) is 14.2. The van der Waals surface area contributed by atoms with Crippen molar-refractivity contribution in [3.8, 4) is 0 Å². The Morgan fingerprint density at radius 1 is 0.900 bits per heavy atom. The Labute approximate surface area is 172 Å². The van der Waals surface area contributed by atoms with Crippen molar-refractivity contribution in [2.45, 2.75) is 0 Å². The highest BCUT2D eigenvalue weighted by atomic mass is 16.7.